The average molecular weight is 281 g/mol. The SMILES string of the molecule is Cc1cnc2c(c1)nc(C)n2C(C)(C)OP(C)(C)=O. The predicted molar refractivity (Wildman–Crippen MR) is 76.9 cm³/mol. The Hall–Kier alpha value is -1.19. The highest BCUT2D eigenvalue weighted by Crippen LogP contribution is 2.45. The fourth-order valence-electron chi connectivity index (χ4n) is 2.40. The molecule has 19 heavy (non-hydrogen) atoms. The molecule has 0 fully saturated rings. The topological polar surface area (TPSA) is 57.0 Å². The zero-order valence-electron chi connectivity index (χ0n) is 12.3. The van der Waals surface area contributed by atoms with Crippen LogP contribution in [-0.2, 0) is 14.8 Å². The minimum atomic E-state index is -2.61. The van der Waals surface area contributed by atoms with Gasteiger partial charge in [0.1, 0.15) is 17.1 Å². The van der Waals surface area contributed by atoms with Gasteiger partial charge in [-0.15, -0.1) is 0 Å². The number of aryl methyl sites for hydroxylation is 2. The minimum absolute atomic E-state index is 0.750. The van der Waals surface area contributed by atoms with Crippen molar-refractivity contribution in [2.75, 3.05) is 13.3 Å². The summed E-state index contributed by atoms with van der Waals surface area (Å²) in [6.45, 7) is 10.9. The fraction of sp³-hybridized carbons (Fsp3) is 0.538. The number of pyridine rings is 1. The molecule has 0 aliphatic rings. The molecule has 104 valence electrons. The van der Waals surface area contributed by atoms with Gasteiger partial charge in [-0.2, -0.15) is 0 Å². The van der Waals surface area contributed by atoms with Gasteiger partial charge in [-0.1, -0.05) is 0 Å². The second kappa shape index (κ2) is 4.43. The minimum Gasteiger partial charge on any atom is -0.302 e. The summed E-state index contributed by atoms with van der Waals surface area (Å²) in [6.07, 6.45) is 1.80. The Balaban J connectivity index is 2.61. The van der Waals surface area contributed by atoms with Crippen LogP contribution in [0.3, 0.4) is 0 Å². The maximum Gasteiger partial charge on any atom is 0.199 e. The fourth-order valence-corrected chi connectivity index (χ4v) is 3.56. The molecule has 0 bridgehead atoms. The maximum atomic E-state index is 12.0. The Kier molecular flexibility index (Phi) is 3.31. The second-order valence-electron chi connectivity index (χ2n) is 5.64. The Morgan fingerprint density at radius 1 is 1.32 bits per heavy atom. The average Bonchev–Trinajstić information content (AvgIpc) is 2.49. The first-order valence-corrected chi connectivity index (χ1v) is 8.70. The summed E-state index contributed by atoms with van der Waals surface area (Å²) in [4.78, 5) is 8.93. The van der Waals surface area contributed by atoms with Crippen molar-refractivity contribution >= 4 is 18.5 Å². The van der Waals surface area contributed by atoms with Gasteiger partial charge in [-0.05, 0) is 39.3 Å². The number of hydrogen-bond acceptors (Lipinski definition) is 4. The number of nitrogens with zero attached hydrogens (tertiary/aromatic N) is 3. The van der Waals surface area contributed by atoms with Crippen LogP contribution in [0.1, 0.15) is 25.2 Å². The van der Waals surface area contributed by atoms with Crippen molar-refractivity contribution in [1.29, 1.82) is 0 Å². The van der Waals surface area contributed by atoms with Crippen molar-refractivity contribution in [2.24, 2.45) is 0 Å². The van der Waals surface area contributed by atoms with E-state index in [0.717, 1.165) is 22.6 Å². The van der Waals surface area contributed by atoms with Gasteiger partial charge in [0.15, 0.2) is 13.0 Å². The van der Waals surface area contributed by atoms with Crippen molar-refractivity contribution in [3.8, 4) is 0 Å². The molecule has 0 radical (unpaired) electrons. The van der Waals surface area contributed by atoms with Crippen molar-refractivity contribution in [2.45, 2.75) is 33.4 Å². The van der Waals surface area contributed by atoms with E-state index < -0.39 is 13.1 Å². The molecule has 0 spiro atoms. The first-order chi connectivity index (χ1) is 8.60. The van der Waals surface area contributed by atoms with E-state index >= 15 is 0 Å². The molecule has 0 amide bonds. The van der Waals surface area contributed by atoms with Crippen LogP contribution in [0.15, 0.2) is 12.3 Å². The molecule has 2 aromatic heterocycles. The first kappa shape index (κ1) is 14.2. The van der Waals surface area contributed by atoms with E-state index in [1.54, 1.807) is 19.5 Å². The van der Waals surface area contributed by atoms with E-state index in [9.17, 15) is 4.57 Å². The third-order valence-corrected chi connectivity index (χ3v) is 3.67. The molecule has 0 atom stereocenters. The van der Waals surface area contributed by atoms with E-state index in [1.165, 1.54) is 0 Å². The highest BCUT2D eigenvalue weighted by Gasteiger charge is 2.30. The maximum absolute atomic E-state index is 12.0. The van der Waals surface area contributed by atoms with Crippen LogP contribution in [0.4, 0.5) is 0 Å². The van der Waals surface area contributed by atoms with Gasteiger partial charge in [0, 0.05) is 19.5 Å². The van der Waals surface area contributed by atoms with Gasteiger partial charge in [0.25, 0.3) is 0 Å². The second-order valence-corrected chi connectivity index (χ2v) is 8.33. The van der Waals surface area contributed by atoms with Crippen LogP contribution >= 0.6 is 7.37 Å². The largest absolute Gasteiger partial charge is 0.302 e. The van der Waals surface area contributed by atoms with E-state index in [1.807, 2.05) is 38.3 Å². The van der Waals surface area contributed by atoms with Crippen molar-refractivity contribution in [3.05, 3.63) is 23.7 Å². The molecule has 0 N–H and O–H groups in total. The Labute approximate surface area is 113 Å². The van der Waals surface area contributed by atoms with E-state index in [0.29, 0.717) is 0 Å². The van der Waals surface area contributed by atoms with E-state index in [2.05, 4.69) is 9.97 Å². The van der Waals surface area contributed by atoms with Gasteiger partial charge in [0.2, 0.25) is 0 Å². The number of fused-ring (bicyclic) bond motifs is 1. The summed E-state index contributed by atoms with van der Waals surface area (Å²) in [7, 11) is -2.61. The summed E-state index contributed by atoms with van der Waals surface area (Å²) in [5, 5.41) is 0. The van der Waals surface area contributed by atoms with Crippen LogP contribution in [0.2, 0.25) is 0 Å². The lowest BCUT2D eigenvalue weighted by Gasteiger charge is -2.30. The molecular formula is C13H20N3O2P. The van der Waals surface area contributed by atoms with Crippen LogP contribution in [0, 0.1) is 13.8 Å². The zero-order chi connectivity index (χ0) is 14.4. The van der Waals surface area contributed by atoms with Crippen molar-refractivity contribution < 1.29 is 9.09 Å². The predicted octanol–water partition coefficient (Wildman–Crippen LogP) is 3.30. The molecule has 0 aliphatic carbocycles. The lowest BCUT2D eigenvalue weighted by molar-refractivity contribution is 0.0379. The van der Waals surface area contributed by atoms with Crippen LogP contribution in [-0.4, -0.2) is 27.9 Å². The first-order valence-electron chi connectivity index (χ1n) is 6.18. The normalized spacial score (nSPS) is 13.2. The molecule has 0 aromatic carbocycles. The summed E-state index contributed by atoms with van der Waals surface area (Å²) in [5.74, 6) is 0.798. The highest BCUT2D eigenvalue weighted by atomic mass is 31.2. The third kappa shape index (κ3) is 2.88. The molecule has 2 rings (SSSR count). The molecule has 2 heterocycles. The quantitative estimate of drug-likeness (QED) is 0.810. The zero-order valence-corrected chi connectivity index (χ0v) is 13.2. The molecule has 0 saturated carbocycles. The standard InChI is InChI=1S/C13H20N3O2P/c1-9-7-11-12(14-8-9)16(10(2)15-11)13(3,4)18-19(5,6)17/h7-8H,1-6H3. The molecule has 5 nitrogen and oxygen atoms in total. The molecule has 0 saturated heterocycles. The van der Waals surface area contributed by atoms with Crippen molar-refractivity contribution in [3.63, 3.8) is 0 Å². The molecule has 2 aromatic rings. The molecule has 0 aliphatic heterocycles. The highest BCUT2D eigenvalue weighted by molar-refractivity contribution is 7.57. The van der Waals surface area contributed by atoms with Gasteiger partial charge >= 0.3 is 0 Å². The summed E-state index contributed by atoms with van der Waals surface area (Å²) < 4.78 is 19.6. The van der Waals surface area contributed by atoms with E-state index in [-0.39, 0.29) is 0 Å². The van der Waals surface area contributed by atoms with E-state index in [4.69, 9.17) is 4.52 Å². The molecule has 6 heteroatoms. The van der Waals surface area contributed by atoms with Gasteiger partial charge in [-0.25, -0.2) is 9.97 Å². The lowest BCUT2D eigenvalue weighted by Crippen LogP contribution is -2.29. The number of imidazole rings is 1. The Morgan fingerprint density at radius 3 is 2.53 bits per heavy atom. The van der Waals surface area contributed by atoms with Crippen LogP contribution in [0.25, 0.3) is 11.2 Å². The molecular weight excluding hydrogens is 261 g/mol. The Morgan fingerprint density at radius 2 is 1.95 bits per heavy atom. The third-order valence-electron chi connectivity index (χ3n) is 2.78. The van der Waals surface area contributed by atoms with Crippen molar-refractivity contribution in [1.82, 2.24) is 14.5 Å². The van der Waals surface area contributed by atoms with Gasteiger partial charge in [0.05, 0.1) is 0 Å². The van der Waals surface area contributed by atoms with Gasteiger partial charge in [-0.3, -0.25) is 9.13 Å². The Bertz CT molecular complexity index is 670. The number of aromatic nitrogens is 3. The summed E-state index contributed by atoms with van der Waals surface area (Å²) in [6, 6.07) is 1.99. The number of rotatable bonds is 3. The number of hydrogen-bond donors (Lipinski definition) is 0. The van der Waals surface area contributed by atoms with Crippen LogP contribution in [0.5, 0.6) is 0 Å². The monoisotopic (exact) mass is 281 g/mol. The smallest absolute Gasteiger partial charge is 0.199 e. The lowest BCUT2D eigenvalue weighted by atomic mass is 10.3. The van der Waals surface area contributed by atoms with Crippen LogP contribution < -0.4 is 0 Å². The molecule has 0 unspecified atom stereocenters. The summed E-state index contributed by atoms with van der Waals surface area (Å²) in [5.41, 5.74) is 1.89. The summed E-state index contributed by atoms with van der Waals surface area (Å²) >= 11 is 0. The van der Waals surface area contributed by atoms with Gasteiger partial charge < -0.3 is 4.52 Å².